The van der Waals surface area contributed by atoms with Crippen LogP contribution in [0.25, 0.3) is 0 Å². The summed E-state index contributed by atoms with van der Waals surface area (Å²) < 4.78 is 0. The predicted octanol–water partition coefficient (Wildman–Crippen LogP) is 2.15. The molecule has 4 nitrogen and oxygen atoms in total. The van der Waals surface area contributed by atoms with Gasteiger partial charge in [0.1, 0.15) is 12.0 Å². The molecule has 0 amide bonds. The van der Waals surface area contributed by atoms with Gasteiger partial charge in [0.2, 0.25) is 0 Å². The van der Waals surface area contributed by atoms with Crippen molar-refractivity contribution in [1.29, 1.82) is 0 Å². The smallest absolute Gasteiger partial charge is 0.131 e. The highest BCUT2D eigenvalue weighted by Gasteiger charge is 2.38. The molecule has 1 aromatic rings. The van der Waals surface area contributed by atoms with Gasteiger partial charge in [-0.1, -0.05) is 23.8 Å². The first-order chi connectivity index (χ1) is 8.79. The van der Waals surface area contributed by atoms with Crippen LogP contribution in [0, 0.1) is 0 Å². The average molecular weight is 283 g/mol. The number of hydrogen-bond donors (Lipinski definition) is 0. The van der Waals surface area contributed by atoms with E-state index in [0.717, 1.165) is 25.6 Å². The second kappa shape index (κ2) is 5.09. The number of thiocarbonyl (C=S) groups is 1. The molecule has 0 spiro atoms. The molecule has 2 fully saturated rings. The molecule has 2 aliphatic heterocycles. The molecule has 0 aliphatic carbocycles. The molecule has 1 unspecified atom stereocenters. The highest BCUT2D eigenvalue weighted by Crippen LogP contribution is 2.27. The third-order valence-electron chi connectivity index (χ3n) is 3.48. The normalized spacial score (nSPS) is 25.2. The van der Waals surface area contributed by atoms with Crippen molar-refractivity contribution in [3.05, 3.63) is 23.4 Å². The van der Waals surface area contributed by atoms with Crippen LogP contribution >= 0.6 is 23.8 Å². The van der Waals surface area contributed by atoms with Gasteiger partial charge in [0.15, 0.2) is 0 Å². The Hall–Kier alpha value is -0.750. The zero-order valence-electron chi connectivity index (χ0n) is 10.00. The van der Waals surface area contributed by atoms with Crippen molar-refractivity contribution in [1.82, 2.24) is 15.0 Å². The van der Waals surface area contributed by atoms with Crippen molar-refractivity contribution in [2.24, 2.45) is 0 Å². The van der Waals surface area contributed by atoms with E-state index in [1.165, 1.54) is 12.8 Å². The summed E-state index contributed by atoms with van der Waals surface area (Å²) in [6.45, 7) is 3.03. The molecular formula is C12H15ClN4S. The predicted molar refractivity (Wildman–Crippen MR) is 76.7 cm³/mol. The van der Waals surface area contributed by atoms with Gasteiger partial charge in [-0.25, -0.2) is 15.0 Å². The highest BCUT2D eigenvalue weighted by molar-refractivity contribution is 7.79. The first-order valence-corrected chi connectivity index (χ1v) is 6.99. The minimum absolute atomic E-state index is 0.133. The van der Waals surface area contributed by atoms with Crippen molar-refractivity contribution in [3.63, 3.8) is 0 Å². The van der Waals surface area contributed by atoms with Gasteiger partial charge in [-0.2, -0.15) is 0 Å². The van der Waals surface area contributed by atoms with Crippen molar-refractivity contribution >= 4 is 35.0 Å². The Morgan fingerprint density at radius 2 is 2.17 bits per heavy atom. The molecule has 2 aliphatic rings. The Labute approximate surface area is 117 Å². The molecule has 1 aromatic heterocycles. The number of aromatic nitrogens is 1. The number of hydrogen-bond acceptors (Lipinski definition) is 5. The Morgan fingerprint density at radius 1 is 1.33 bits per heavy atom. The third kappa shape index (κ3) is 2.12. The number of fused-ring (bicyclic) bond motifs is 1. The van der Waals surface area contributed by atoms with Crippen LogP contribution in [-0.2, 0) is 0 Å². The molecular weight excluding hydrogens is 268 g/mol. The summed E-state index contributed by atoms with van der Waals surface area (Å²) in [5.74, 6) is 0.930. The molecule has 6 heteroatoms. The fraction of sp³-hybridized carbons (Fsp3) is 0.500. The Balaban J connectivity index is 1.87. The van der Waals surface area contributed by atoms with Crippen LogP contribution < -0.4 is 4.90 Å². The molecule has 96 valence electrons. The summed E-state index contributed by atoms with van der Waals surface area (Å²) in [5, 5.41) is 7.18. The van der Waals surface area contributed by atoms with Gasteiger partial charge in [0.05, 0.1) is 11.7 Å². The minimum Gasteiger partial charge on any atom is -0.321 e. The zero-order valence-corrected chi connectivity index (χ0v) is 11.6. The molecule has 0 aromatic carbocycles. The molecule has 1 atom stereocenters. The lowest BCUT2D eigenvalue weighted by molar-refractivity contribution is -0.0124. The standard InChI is InChI=1S/C12H15ClN4S/c13-10-3-4-11(14-7-10)16-9-15-5-1-2-6-17(15)12(16)8-18/h3-4,7-8,12H,1-2,5-6,9H2. The van der Waals surface area contributed by atoms with Gasteiger partial charge in [0, 0.05) is 24.7 Å². The number of pyridine rings is 1. The zero-order chi connectivity index (χ0) is 12.5. The number of anilines is 1. The summed E-state index contributed by atoms with van der Waals surface area (Å²) >= 11 is 11.1. The monoisotopic (exact) mass is 282 g/mol. The van der Waals surface area contributed by atoms with E-state index in [9.17, 15) is 0 Å². The van der Waals surface area contributed by atoms with E-state index in [-0.39, 0.29) is 6.17 Å². The first-order valence-electron chi connectivity index (χ1n) is 6.14. The van der Waals surface area contributed by atoms with Crippen molar-refractivity contribution < 1.29 is 0 Å². The van der Waals surface area contributed by atoms with Gasteiger partial charge in [-0.15, -0.1) is 0 Å². The quantitative estimate of drug-likeness (QED) is 0.773. The molecule has 18 heavy (non-hydrogen) atoms. The number of halogens is 1. The maximum atomic E-state index is 5.88. The maximum absolute atomic E-state index is 5.88. The van der Waals surface area contributed by atoms with E-state index in [0.29, 0.717) is 5.02 Å². The third-order valence-corrected chi connectivity index (χ3v) is 3.95. The Morgan fingerprint density at radius 3 is 2.89 bits per heavy atom. The summed E-state index contributed by atoms with van der Waals surface area (Å²) in [4.78, 5) is 6.61. The van der Waals surface area contributed by atoms with E-state index < -0.39 is 0 Å². The molecule has 3 rings (SSSR count). The number of nitrogens with zero attached hydrogens (tertiary/aromatic N) is 4. The summed E-state index contributed by atoms with van der Waals surface area (Å²) in [6.07, 6.45) is 4.30. The second-order valence-electron chi connectivity index (χ2n) is 4.60. The Kier molecular flexibility index (Phi) is 3.48. The van der Waals surface area contributed by atoms with Crippen LogP contribution in [0.4, 0.5) is 5.82 Å². The van der Waals surface area contributed by atoms with Gasteiger partial charge in [-0.05, 0) is 25.0 Å². The van der Waals surface area contributed by atoms with Gasteiger partial charge in [0.25, 0.3) is 0 Å². The summed E-state index contributed by atoms with van der Waals surface area (Å²) in [5.41, 5.74) is 0. The van der Waals surface area contributed by atoms with Crippen molar-refractivity contribution in [2.45, 2.75) is 19.0 Å². The van der Waals surface area contributed by atoms with Crippen LogP contribution in [0.2, 0.25) is 5.02 Å². The van der Waals surface area contributed by atoms with E-state index in [1.807, 2.05) is 17.5 Å². The number of rotatable bonds is 2. The van der Waals surface area contributed by atoms with Crippen molar-refractivity contribution in [2.75, 3.05) is 24.7 Å². The SMILES string of the molecule is S=CC1N(c2ccc(Cl)cn2)CN2CCCCN12. The Bertz CT molecular complexity index is 438. The number of hydrazine groups is 1. The molecule has 2 saturated heterocycles. The lowest BCUT2D eigenvalue weighted by Crippen LogP contribution is -2.47. The highest BCUT2D eigenvalue weighted by atomic mass is 35.5. The lowest BCUT2D eigenvalue weighted by atomic mass is 10.2. The molecule has 0 N–H and O–H groups in total. The largest absolute Gasteiger partial charge is 0.321 e. The topological polar surface area (TPSA) is 22.6 Å². The summed E-state index contributed by atoms with van der Waals surface area (Å²) in [6, 6.07) is 3.82. The van der Waals surface area contributed by atoms with Crippen LogP contribution in [0.5, 0.6) is 0 Å². The van der Waals surface area contributed by atoms with E-state index in [2.05, 4.69) is 19.9 Å². The van der Waals surface area contributed by atoms with Gasteiger partial charge in [-0.3, -0.25) is 0 Å². The second-order valence-corrected chi connectivity index (χ2v) is 5.30. The minimum atomic E-state index is 0.133. The van der Waals surface area contributed by atoms with E-state index >= 15 is 0 Å². The maximum Gasteiger partial charge on any atom is 0.131 e. The van der Waals surface area contributed by atoms with E-state index in [4.69, 9.17) is 23.8 Å². The summed E-state index contributed by atoms with van der Waals surface area (Å²) in [7, 11) is 0. The van der Waals surface area contributed by atoms with Gasteiger partial charge >= 0.3 is 0 Å². The fourth-order valence-corrected chi connectivity index (χ4v) is 3.00. The van der Waals surface area contributed by atoms with Crippen LogP contribution in [0.1, 0.15) is 12.8 Å². The average Bonchev–Trinajstić information content (AvgIpc) is 2.78. The van der Waals surface area contributed by atoms with Crippen LogP contribution in [0.15, 0.2) is 18.3 Å². The molecule has 0 saturated carbocycles. The van der Waals surface area contributed by atoms with Crippen LogP contribution in [-0.4, -0.2) is 46.3 Å². The lowest BCUT2D eigenvalue weighted by Gasteiger charge is -2.33. The first kappa shape index (κ1) is 12.3. The fourth-order valence-electron chi connectivity index (χ4n) is 2.60. The molecule has 0 radical (unpaired) electrons. The molecule has 0 bridgehead atoms. The van der Waals surface area contributed by atoms with Crippen molar-refractivity contribution in [3.8, 4) is 0 Å². The molecule has 3 heterocycles. The van der Waals surface area contributed by atoms with E-state index in [1.54, 1.807) is 6.20 Å². The van der Waals surface area contributed by atoms with Gasteiger partial charge < -0.3 is 4.90 Å². The van der Waals surface area contributed by atoms with Crippen LogP contribution in [0.3, 0.4) is 0 Å².